The molecule has 1 aliphatic rings. The lowest BCUT2D eigenvalue weighted by atomic mass is 10.2. The van der Waals surface area contributed by atoms with Gasteiger partial charge < -0.3 is 0 Å². The number of rotatable bonds is 1. The minimum Gasteiger partial charge on any atom is -0.282 e. The molecule has 1 aromatic carbocycles. The molecule has 2 aromatic rings. The molecule has 5 heteroatoms. The number of aromatic nitrogens is 1. The summed E-state index contributed by atoms with van der Waals surface area (Å²) in [5, 5.41) is 0. The monoisotopic (exact) mass is 248 g/mol. The molecule has 0 N–H and O–H groups in total. The summed E-state index contributed by atoms with van der Waals surface area (Å²) in [6.07, 6.45) is 1.59. The Morgan fingerprint density at radius 2 is 2.24 bits per heavy atom. The Labute approximate surface area is 100 Å². The Morgan fingerprint density at radius 3 is 3.00 bits per heavy atom. The number of halogens is 1. The van der Waals surface area contributed by atoms with Crippen LogP contribution < -0.4 is 14.9 Å². The summed E-state index contributed by atoms with van der Waals surface area (Å²) in [6, 6.07) is 6.41. The van der Waals surface area contributed by atoms with Gasteiger partial charge in [-0.15, -0.1) is 0 Å². The van der Waals surface area contributed by atoms with Crippen LogP contribution in [-0.2, 0) is 6.54 Å². The van der Waals surface area contributed by atoms with Crippen LogP contribution in [0.25, 0.3) is 6.08 Å². The van der Waals surface area contributed by atoms with Gasteiger partial charge in [0.1, 0.15) is 5.82 Å². The highest BCUT2D eigenvalue weighted by atomic mass is 32.1. The third-order valence-electron chi connectivity index (χ3n) is 2.65. The van der Waals surface area contributed by atoms with Gasteiger partial charge in [-0.25, -0.2) is 4.39 Å². The van der Waals surface area contributed by atoms with Crippen LogP contribution in [0.4, 0.5) is 4.39 Å². The van der Waals surface area contributed by atoms with Gasteiger partial charge in [0.2, 0.25) is 0 Å². The van der Waals surface area contributed by atoms with E-state index in [1.165, 1.54) is 17.4 Å². The lowest BCUT2D eigenvalue weighted by molar-refractivity contribution is 0.625. The number of hydrogen-bond donors (Lipinski definition) is 0. The molecule has 0 fully saturated rings. The van der Waals surface area contributed by atoms with Crippen molar-refractivity contribution >= 4 is 17.4 Å². The van der Waals surface area contributed by atoms with E-state index in [-0.39, 0.29) is 11.4 Å². The molecule has 0 amide bonds. The molecule has 86 valence electrons. The molecule has 0 saturated carbocycles. The van der Waals surface area contributed by atoms with Gasteiger partial charge in [0, 0.05) is 12.1 Å². The van der Waals surface area contributed by atoms with E-state index in [4.69, 9.17) is 0 Å². The van der Waals surface area contributed by atoms with Crippen LogP contribution in [0.3, 0.4) is 0 Å². The van der Waals surface area contributed by atoms with Gasteiger partial charge in [-0.1, -0.05) is 29.5 Å². The van der Waals surface area contributed by atoms with Gasteiger partial charge in [0.15, 0.2) is 4.80 Å². The number of hydrogen-bond acceptors (Lipinski definition) is 3. The standard InChI is InChI=1S/C12H9FN2OS/c13-9-4-2-1-3-8(9)7-10-11(16)15-6-5-14-12(15)17-10/h1-4,7H,5-6H2/b10-7-. The summed E-state index contributed by atoms with van der Waals surface area (Å²) in [6.45, 7) is 1.30. The van der Waals surface area contributed by atoms with Crippen LogP contribution in [0.2, 0.25) is 0 Å². The second-order valence-electron chi connectivity index (χ2n) is 3.75. The largest absolute Gasteiger partial charge is 0.282 e. The molecule has 1 aromatic heterocycles. The van der Waals surface area contributed by atoms with E-state index >= 15 is 0 Å². The maximum absolute atomic E-state index is 13.5. The number of thiazole rings is 1. The Kier molecular flexibility index (Phi) is 2.40. The molecular weight excluding hydrogens is 239 g/mol. The van der Waals surface area contributed by atoms with Crippen molar-refractivity contribution in [3.05, 3.63) is 55.3 Å². The first-order valence-corrected chi connectivity index (χ1v) is 6.08. The quantitative estimate of drug-likeness (QED) is 0.724. The van der Waals surface area contributed by atoms with E-state index < -0.39 is 0 Å². The van der Waals surface area contributed by atoms with Crippen LogP contribution in [0.5, 0.6) is 0 Å². The van der Waals surface area contributed by atoms with E-state index in [0.717, 1.165) is 4.80 Å². The molecule has 0 unspecified atom stereocenters. The van der Waals surface area contributed by atoms with Crippen molar-refractivity contribution < 1.29 is 4.39 Å². The topological polar surface area (TPSA) is 34.4 Å². The Bertz CT molecular complexity index is 745. The summed E-state index contributed by atoms with van der Waals surface area (Å²) in [5.74, 6) is -0.317. The second-order valence-corrected chi connectivity index (χ2v) is 4.76. The first-order chi connectivity index (χ1) is 8.25. The molecular formula is C12H9FN2OS. The molecule has 0 aliphatic carbocycles. The third-order valence-corrected chi connectivity index (χ3v) is 3.70. The SMILES string of the molecule is O=c1/c(=C/c2ccccc2F)sc2n1CCN=2. The van der Waals surface area contributed by atoms with Crippen molar-refractivity contribution in [3.63, 3.8) is 0 Å². The molecule has 3 rings (SSSR count). The molecule has 0 atom stereocenters. The van der Waals surface area contributed by atoms with E-state index in [1.54, 1.807) is 28.8 Å². The Balaban J connectivity index is 2.24. The van der Waals surface area contributed by atoms with Crippen molar-refractivity contribution in [2.75, 3.05) is 6.54 Å². The van der Waals surface area contributed by atoms with Crippen molar-refractivity contribution in [1.82, 2.24) is 4.57 Å². The smallest absolute Gasteiger partial charge is 0.270 e. The summed E-state index contributed by atoms with van der Waals surface area (Å²) in [7, 11) is 0. The van der Waals surface area contributed by atoms with Crippen molar-refractivity contribution in [2.45, 2.75) is 6.54 Å². The average Bonchev–Trinajstić information content (AvgIpc) is 2.87. The van der Waals surface area contributed by atoms with E-state index in [2.05, 4.69) is 4.99 Å². The minimum atomic E-state index is -0.317. The fraction of sp³-hybridized carbons (Fsp3) is 0.167. The lowest BCUT2D eigenvalue weighted by Crippen LogP contribution is -2.29. The highest BCUT2D eigenvalue weighted by molar-refractivity contribution is 7.07. The summed E-state index contributed by atoms with van der Waals surface area (Å²) in [5.41, 5.74) is 0.361. The highest BCUT2D eigenvalue weighted by Gasteiger charge is 2.09. The maximum atomic E-state index is 13.5. The zero-order chi connectivity index (χ0) is 11.8. The highest BCUT2D eigenvalue weighted by Crippen LogP contribution is 2.06. The van der Waals surface area contributed by atoms with Gasteiger partial charge in [0.05, 0.1) is 11.1 Å². The first kappa shape index (κ1) is 10.4. The van der Waals surface area contributed by atoms with E-state index in [1.807, 2.05) is 0 Å². The average molecular weight is 248 g/mol. The van der Waals surface area contributed by atoms with E-state index in [0.29, 0.717) is 23.2 Å². The van der Waals surface area contributed by atoms with Crippen LogP contribution in [0.1, 0.15) is 5.56 Å². The number of benzene rings is 1. The number of fused-ring (bicyclic) bond motifs is 1. The van der Waals surface area contributed by atoms with Gasteiger partial charge in [-0.2, -0.15) is 0 Å². The molecule has 0 spiro atoms. The minimum absolute atomic E-state index is 0.0745. The van der Waals surface area contributed by atoms with Gasteiger partial charge in [-0.05, 0) is 12.1 Å². The summed E-state index contributed by atoms with van der Waals surface area (Å²) >= 11 is 1.31. The second kappa shape index (κ2) is 3.92. The zero-order valence-corrected chi connectivity index (χ0v) is 9.71. The molecule has 0 bridgehead atoms. The van der Waals surface area contributed by atoms with Crippen LogP contribution in [0, 0.1) is 5.82 Å². The summed E-state index contributed by atoms with van der Waals surface area (Å²) < 4.78 is 15.6. The predicted octanol–water partition coefficient (Wildman–Crippen LogP) is 0.511. The molecule has 0 saturated heterocycles. The van der Waals surface area contributed by atoms with Gasteiger partial charge in [-0.3, -0.25) is 14.4 Å². The molecule has 17 heavy (non-hydrogen) atoms. The van der Waals surface area contributed by atoms with Crippen LogP contribution in [0.15, 0.2) is 34.1 Å². The predicted molar refractivity (Wildman–Crippen MR) is 64.2 cm³/mol. The number of nitrogens with zero attached hydrogens (tertiary/aromatic N) is 2. The Morgan fingerprint density at radius 1 is 1.41 bits per heavy atom. The summed E-state index contributed by atoms with van der Waals surface area (Å²) in [4.78, 5) is 16.9. The Hall–Kier alpha value is -1.75. The molecule has 0 radical (unpaired) electrons. The van der Waals surface area contributed by atoms with E-state index in [9.17, 15) is 9.18 Å². The van der Waals surface area contributed by atoms with Crippen molar-refractivity contribution in [3.8, 4) is 0 Å². The van der Waals surface area contributed by atoms with Crippen molar-refractivity contribution in [1.29, 1.82) is 0 Å². The lowest BCUT2D eigenvalue weighted by Gasteiger charge is -1.93. The fourth-order valence-electron chi connectivity index (χ4n) is 1.80. The molecule has 3 nitrogen and oxygen atoms in total. The van der Waals surface area contributed by atoms with Gasteiger partial charge >= 0.3 is 0 Å². The van der Waals surface area contributed by atoms with Crippen LogP contribution in [-0.4, -0.2) is 11.1 Å². The molecule has 2 heterocycles. The zero-order valence-electron chi connectivity index (χ0n) is 8.89. The third kappa shape index (κ3) is 1.72. The fourth-order valence-corrected chi connectivity index (χ4v) is 2.82. The maximum Gasteiger partial charge on any atom is 0.270 e. The first-order valence-electron chi connectivity index (χ1n) is 5.26. The normalized spacial score (nSPS) is 14.8. The van der Waals surface area contributed by atoms with Crippen LogP contribution >= 0.6 is 11.3 Å². The van der Waals surface area contributed by atoms with Crippen molar-refractivity contribution in [2.24, 2.45) is 4.99 Å². The van der Waals surface area contributed by atoms with Gasteiger partial charge in [0.25, 0.3) is 5.56 Å². The molecule has 1 aliphatic heterocycles.